The van der Waals surface area contributed by atoms with E-state index >= 15 is 0 Å². The highest BCUT2D eigenvalue weighted by Gasteiger charge is 2.22. The van der Waals surface area contributed by atoms with E-state index in [9.17, 15) is 4.79 Å². The largest absolute Gasteiger partial charge is 0.455 e. The number of H-pyrrole nitrogens is 2. The van der Waals surface area contributed by atoms with Gasteiger partial charge in [-0.25, -0.2) is 0 Å². The molecule has 0 aliphatic rings. The van der Waals surface area contributed by atoms with Crippen LogP contribution in [0.5, 0.6) is 0 Å². The Balaban J connectivity index is 0.000000192. The molecule has 2 heterocycles. The number of Topliss-reactive ketones (excluding diaryl/α,β-unsaturated/α-hetero) is 1. The predicted octanol–water partition coefficient (Wildman–Crippen LogP) is 4.93. The summed E-state index contributed by atoms with van der Waals surface area (Å²) in [4.78, 5) is 17.4. The van der Waals surface area contributed by atoms with Crippen molar-refractivity contribution in [3.8, 4) is 0 Å². The second-order valence-electron chi connectivity index (χ2n) is 7.97. The summed E-state index contributed by atoms with van der Waals surface area (Å²) in [6, 6.07) is 16.0. The van der Waals surface area contributed by atoms with Gasteiger partial charge in [0.05, 0.1) is 0 Å². The lowest BCUT2D eigenvalue weighted by Gasteiger charge is -2.22. The number of hydrogen-bond donors (Lipinski definition) is 5. The van der Waals surface area contributed by atoms with Crippen molar-refractivity contribution in [3.05, 3.63) is 97.4 Å². The van der Waals surface area contributed by atoms with Crippen molar-refractivity contribution >= 4 is 34.7 Å². The second-order valence-corrected chi connectivity index (χ2v) is 7.97. The van der Waals surface area contributed by atoms with Gasteiger partial charge in [-0.3, -0.25) is 4.79 Å². The molecule has 2 aromatic carbocycles. The summed E-state index contributed by atoms with van der Waals surface area (Å²) in [5.74, 6) is 0.104. The first-order valence-electron chi connectivity index (χ1n) is 10.7. The van der Waals surface area contributed by atoms with Gasteiger partial charge < -0.3 is 25.7 Å². The Morgan fingerprint density at radius 1 is 1.00 bits per heavy atom. The molecule has 1 atom stereocenters. The van der Waals surface area contributed by atoms with E-state index in [-0.39, 0.29) is 17.6 Å². The van der Waals surface area contributed by atoms with Crippen LogP contribution < -0.4 is 5.73 Å². The van der Waals surface area contributed by atoms with Crippen LogP contribution in [0.4, 0.5) is 0 Å². The van der Waals surface area contributed by atoms with Crippen molar-refractivity contribution in [1.29, 1.82) is 0 Å². The summed E-state index contributed by atoms with van der Waals surface area (Å²) in [5.41, 5.74) is 9.99. The second kappa shape index (κ2) is 12.0. The molecule has 0 fully saturated rings. The number of hydrogen-bond acceptors (Lipinski definition) is 4. The molecule has 2 aromatic heterocycles. The third-order valence-corrected chi connectivity index (χ3v) is 5.12. The van der Waals surface area contributed by atoms with Crippen LogP contribution >= 0.6 is 0 Å². The average Bonchev–Trinajstić information content (AvgIpc) is 3.39. The molecule has 172 valence electrons. The number of carbonyl (C=O) groups is 1. The van der Waals surface area contributed by atoms with Crippen LogP contribution in [0.25, 0.3) is 21.8 Å². The lowest BCUT2D eigenvalue weighted by molar-refractivity contribution is 0.101. The number of nitrogens with one attached hydrogen (secondary N) is 2. The third-order valence-electron chi connectivity index (χ3n) is 5.12. The lowest BCUT2D eigenvalue weighted by Crippen LogP contribution is -2.31. The topological polar surface area (TPSA) is 115 Å². The van der Waals surface area contributed by atoms with Crippen molar-refractivity contribution in [1.82, 2.24) is 9.97 Å². The molecule has 0 spiro atoms. The number of fused-ring (bicyclic) bond motifs is 2. The van der Waals surface area contributed by atoms with Gasteiger partial charge in [-0.05, 0) is 44.3 Å². The van der Waals surface area contributed by atoms with Gasteiger partial charge in [0.1, 0.15) is 0 Å². The highest BCUT2D eigenvalue weighted by Crippen LogP contribution is 2.29. The van der Waals surface area contributed by atoms with Crippen molar-refractivity contribution in [2.45, 2.75) is 32.1 Å². The highest BCUT2D eigenvalue weighted by molar-refractivity contribution is 6.41. The highest BCUT2D eigenvalue weighted by atomic mass is 16.4. The maximum Gasteiger partial charge on any atom is 0.455 e. The first kappa shape index (κ1) is 25.9. The summed E-state index contributed by atoms with van der Waals surface area (Å²) in [6.07, 6.45) is 8.09. The first-order chi connectivity index (χ1) is 15.7. The van der Waals surface area contributed by atoms with Crippen LogP contribution in [0.2, 0.25) is 6.32 Å². The number of allylic oxidation sites excluding steroid dienone is 1. The van der Waals surface area contributed by atoms with Crippen molar-refractivity contribution in [2.75, 3.05) is 0 Å². The Morgan fingerprint density at radius 2 is 1.55 bits per heavy atom. The molecule has 0 bridgehead atoms. The van der Waals surface area contributed by atoms with Crippen LogP contribution in [-0.2, 0) is 5.54 Å². The number of carbonyl (C=O) groups excluding carboxylic acids is 1. The molecule has 6 nitrogen and oxygen atoms in total. The molecule has 0 saturated heterocycles. The molecular weight excluding hydrogens is 413 g/mol. The number of ketones is 1. The zero-order valence-electron chi connectivity index (χ0n) is 19.2. The molecule has 1 unspecified atom stereocenters. The number of benzene rings is 2. The minimum Gasteiger partial charge on any atom is -0.427 e. The molecule has 4 rings (SSSR count). The fraction of sp³-hybridized carbons (Fsp3) is 0.192. The Morgan fingerprint density at radius 3 is 2.06 bits per heavy atom. The molecule has 0 radical (unpaired) electrons. The predicted molar refractivity (Wildman–Crippen MR) is 138 cm³/mol. The molecule has 0 amide bonds. The Labute approximate surface area is 195 Å². The standard InChI is InChI=1S/C13H16N2.C10H9NO.C3H7BO2/c1-3-8-13(2,14)11-9-15-12-7-5-4-6-10(11)12;1-7(12)9-6-11-10-5-3-2-4-8(9)10;1-2-3-4(5)6/h3-7,9,15H,1,8,14H2,2H3;2-6,11H,1H3;2,5-6H,1,3H2. The van der Waals surface area contributed by atoms with E-state index in [0.29, 0.717) is 0 Å². The van der Waals surface area contributed by atoms with Crippen LogP contribution in [-0.4, -0.2) is 32.9 Å². The molecule has 7 heteroatoms. The van der Waals surface area contributed by atoms with E-state index < -0.39 is 7.12 Å². The number of aromatic nitrogens is 2. The van der Waals surface area contributed by atoms with E-state index in [4.69, 9.17) is 15.8 Å². The molecule has 0 aliphatic heterocycles. The average molecular weight is 445 g/mol. The summed E-state index contributed by atoms with van der Waals surface area (Å²) in [7, 11) is -1.22. The number of rotatable bonds is 6. The van der Waals surface area contributed by atoms with Crippen molar-refractivity contribution in [2.24, 2.45) is 5.73 Å². The first-order valence-corrected chi connectivity index (χ1v) is 10.7. The zero-order valence-corrected chi connectivity index (χ0v) is 19.2. The van der Waals surface area contributed by atoms with Gasteiger partial charge in [0.2, 0.25) is 0 Å². The minimum atomic E-state index is -1.22. The van der Waals surface area contributed by atoms with Crippen molar-refractivity contribution < 1.29 is 14.8 Å². The molecule has 0 aliphatic carbocycles. The van der Waals surface area contributed by atoms with Gasteiger partial charge >= 0.3 is 7.12 Å². The number of aromatic amines is 2. The molecule has 0 saturated carbocycles. The van der Waals surface area contributed by atoms with Crippen LogP contribution in [0.15, 0.2) is 86.2 Å². The van der Waals surface area contributed by atoms with E-state index in [1.54, 1.807) is 13.1 Å². The maximum atomic E-state index is 11.1. The van der Waals surface area contributed by atoms with E-state index in [1.807, 2.05) is 55.6 Å². The Kier molecular flexibility index (Phi) is 9.42. The summed E-state index contributed by atoms with van der Waals surface area (Å²) in [5, 5.41) is 18.3. The van der Waals surface area contributed by atoms with Crippen LogP contribution in [0.1, 0.15) is 36.2 Å². The summed E-state index contributed by atoms with van der Waals surface area (Å²) in [6.45, 7) is 10.6. The van der Waals surface area contributed by atoms with Gasteiger partial charge in [0.25, 0.3) is 0 Å². The Hall–Kier alpha value is -3.39. The van der Waals surface area contributed by atoms with E-state index in [1.165, 1.54) is 11.5 Å². The zero-order chi connectivity index (χ0) is 24.4. The summed E-state index contributed by atoms with van der Waals surface area (Å²) >= 11 is 0. The molecule has 6 N–H and O–H groups in total. The fourth-order valence-electron chi connectivity index (χ4n) is 3.47. The minimum absolute atomic E-state index is 0.104. The maximum absolute atomic E-state index is 11.1. The fourth-order valence-corrected chi connectivity index (χ4v) is 3.47. The van der Waals surface area contributed by atoms with Gasteiger partial charge in [-0.1, -0.05) is 48.6 Å². The monoisotopic (exact) mass is 445 g/mol. The van der Waals surface area contributed by atoms with Gasteiger partial charge in [0, 0.05) is 45.3 Å². The lowest BCUT2D eigenvalue weighted by atomic mass is 9.87. The molecule has 33 heavy (non-hydrogen) atoms. The SMILES string of the molecule is C=CCB(O)O.C=CCC(C)(N)c1c[nH]c2ccccc12.CC(=O)c1c[nH]c2ccccc12. The molecular formula is C26H32BN3O3. The third kappa shape index (κ3) is 7.05. The van der Waals surface area contributed by atoms with Gasteiger partial charge in [-0.2, -0.15) is 0 Å². The van der Waals surface area contributed by atoms with E-state index in [0.717, 1.165) is 34.0 Å². The summed E-state index contributed by atoms with van der Waals surface area (Å²) < 4.78 is 0. The van der Waals surface area contributed by atoms with Crippen LogP contribution in [0.3, 0.4) is 0 Å². The number of nitrogens with two attached hydrogens (primary N) is 1. The molecule has 4 aromatic rings. The Bertz CT molecular complexity index is 1210. The van der Waals surface area contributed by atoms with Crippen molar-refractivity contribution in [3.63, 3.8) is 0 Å². The number of para-hydroxylation sites is 2. The quantitative estimate of drug-likeness (QED) is 0.164. The van der Waals surface area contributed by atoms with Gasteiger partial charge in [-0.15, -0.1) is 13.2 Å². The van der Waals surface area contributed by atoms with Crippen LogP contribution in [0, 0.1) is 0 Å². The van der Waals surface area contributed by atoms with E-state index in [2.05, 4.69) is 35.3 Å². The smallest absolute Gasteiger partial charge is 0.427 e. The van der Waals surface area contributed by atoms with Gasteiger partial charge in [0.15, 0.2) is 5.78 Å². The normalized spacial score (nSPS) is 12.0.